The molecule has 2 heteroatoms. The molecule has 0 amide bonds. The molecule has 0 aliphatic carbocycles. The summed E-state index contributed by atoms with van der Waals surface area (Å²) in [6.45, 7) is 1.93. The third kappa shape index (κ3) is 226. The monoisotopic (exact) mass is 103 g/mol. The summed E-state index contributed by atoms with van der Waals surface area (Å²) in [7, 11) is 0. The Kier molecular flexibility index (Phi) is 28.9. The van der Waals surface area contributed by atoms with Gasteiger partial charge in [-0.05, 0) is 6.92 Å². The van der Waals surface area contributed by atoms with Crippen LogP contribution in [0.1, 0.15) is 6.92 Å². The van der Waals surface area contributed by atoms with E-state index < -0.39 is 0 Å². The topological polar surface area (TPSA) is 20.2 Å². The summed E-state index contributed by atoms with van der Waals surface area (Å²) >= 11 is 0.750. The van der Waals surface area contributed by atoms with E-state index in [4.69, 9.17) is 5.11 Å². The van der Waals surface area contributed by atoms with Crippen molar-refractivity contribution in [1.29, 1.82) is 0 Å². The van der Waals surface area contributed by atoms with E-state index in [9.17, 15) is 0 Å². The van der Waals surface area contributed by atoms with Crippen LogP contribution in [0.3, 0.4) is 0 Å². The van der Waals surface area contributed by atoms with Gasteiger partial charge in [0.25, 0.3) is 0 Å². The Morgan fingerprint density at radius 1 is 1.50 bits per heavy atom. The summed E-state index contributed by atoms with van der Waals surface area (Å²) in [5.74, 6) is 4.42. The lowest BCUT2D eigenvalue weighted by atomic mass is 10.9. The van der Waals surface area contributed by atoms with Gasteiger partial charge in [-0.15, -0.1) is 11.6 Å². The highest BCUT2D eigenvalue weighted by Crippen LogP contribution is 1.36. The summed E-state index contributed by atoms with van der Waals surface area (Å²) in [5.41, 5.74) is 0. The lowest BCUT2D eigenvalue weighted by Gasteiger charge is -1.52. The van der Waals surface area contributed by atoms with Crippen LogP contribution in [0.4, 0.5) is 0 Å². The maximum Gasteiger partial charge on any atom is 0.191 e. The fraction of sp³-hybridized carbons (Fsp3) is 1.00. The molecule has 0 spiro atoms. The van der Waals surface area contributed by atoms with Gasteiger partial charge in [0.2, 0.25) is 0 Å². The van der Waals surface area contributed by atoms with Crippen molar-refractivity contribution < 1.29 is 5.11 Å². The predicted molar refractivity (Wildman–Crippen MR) is 30.2 cm³/mol. The van der Waals surface area contributed by atoms with E-state index >= 15 is 0 Å². The fourth-order valence-electron chi connectivity index (χ4n) is 0. The second kappa shape index (κ2) is 17.8. The first kappa shape index (κ1) is 9.70. The molecular formula is C4H12AlO. The van der Waals surface area contributed by atoms with E-state index in [1.54, 1.807) is 6.92 Å². The fourth-order valence-corrected chi connectivity index (χ4v) is 0. The highest BCUT2D eigenvalue weighted by atomic mass is 27.1. The second-order valence-electron chi connectivity index (χ2n) is 0.894. The lowest BCUT2D eigenvalue weighted by Crippen LogP contribution is -1.57. The second-order valence-corrected chi connectivity index (χ2v) is 2.05. The molecule has 37 valence electrons. The maximum atomic E-state index is 7.57. The van der Waals surface area contributed by atoms with Crippen LogP contribution in [0.25, 0.3) is 0 Å². The minimum absolute atomic E-state index is 0.250. The zero-order valence-corrected chi connectivity index (χ0v) is 5.89. The molecule has 1 N–H and O–H groups in total. The van der Waals surface area contributed by atoms with Crippen molar-refractivity contribution >= 4 is 15.2 Å². The molecule has 6 heavy (non-hydrogen) atoms. The van der Waals surface area contributed by atoms with Gasteiger partial charge in [-0.2, -0.15) is 0 Å². The third-order valence-corrected chi connectivity index (χ3v) is 0. The predicted octanol–water partition coefficient (Wildman–Crippen LogP) is 0.785. The summed E-state index contributed by atoms with van der Waals surface area (Å²) < 4.78 is 0. The summed E-state index contributed by atoms with van der Waals surface area (Å²) in [4.78, 5) is 0. The first-order chi connectivity index (χ1) is 2.83. The molecule has 0 bridgehead atoms. The maximum absolute atomic E-state index is 7.57. The van der Waals surface area contributed by atoms with Gasteiger partial charge in [-0.25, -0.2) is 0 Å². The molecule has 1 radical (unpaired) electrons. The van der Waals surface area contributed by atoms with Gasteiger partial charge in [0.1, 0.15) is 0 Å². The average molecular weight is 103 g/mol. The largest absolute Gasteiger partial charge is 0.397 e. The minimum atomic E-state index is 0.250. The zero-order valence-electron chi connectivity index (χ0n) is 4.73. The molecule has 0 aliphatic rings. The number of hydrogen-bond donors (Lipinski definition) is 1. The molecule has 0 aromatic rings. The van der Waals surface area contributed by atoms with Crippen LogP contribution in [-0.2, 0) is 0 Å². The molecule has 0 fully saturated rings. The van der Waals surface area contributed by atoms with Crippen molar-refractivity contribution in [3.05, 3.63) is 0 Å². The van der Waals surface area contributed by atoms with Crippen LogP contribution < -0.4 is 0 Å². The van der Waals surface area contributed by atoms with Crippen molar-refractivity contribution in [2.24, 2.45) is 0 Å². The minimum Gasteiger partial charge on any atom is -0.397 e. The average Bonchev–Trinajstić information content (AvgIpc) is 1.39. The Hall–Kier alpha value is 0.492. The van der Waals surface area contributed by atoms with Crippen molar-refractivity contribution in [3.63, 3.8) is 0 Å². The van der Waals surface area contributed by atoms with Gasteiger partial charge in [0.15, 0.2) is 15.2 Å². The first-order valence-electron chi connectivity index (χ1n) is 2.18. The zero-order chi connectivity index (χ0) is 5.41. The first-order valence-corrected chi connectivity index (χ1v) is 4.49. The highest BCUT2D eigenvalue weighted by molar-refractivity contribution is 6.31. The van der Waals surface area contributed by atoms with Crippen molar-refractivity contribution in [2.75, 3.05) is 6.61 Å². The molecule has 0 aliphatic heterocycles. The third-order valence-electron chi connectivity index (χ3n) is 0. The lowest BCUT2D eigenvalue weighted by molar-refractivity contribution is 0.318. The van der Waals surface area contributed by atoms with E-state index in [0.29, 0.717) is 0 Å². The molecule has 0 aromatic carbocycles. The Balaban J connectivity index is 0. The summed E-state index contributed by atoms with van der Waals surface area (Å²) in [6.07, 6.45) is 0. The molecule has 1 nitrogen and oxygen atoms in total. The Bertz CT molecular complexity index is 9.51. The van der Waals surface area contributed by atoms with Crippen molar-refractivity contribution in [1.82, 2.24) is 0 Å². The normalized spacial score (nSPS) is 5.33. The van der Waals surface area contributed by atoms with E-state index in [0.717, 1.165) is 15.2 Å². The molecular weight excluding hydrogens is 91.0 g/mol. The van der Waals surface area contributed by atoms with Gasteiger partial charge in [0.05, 0.1) is 0 Å². The molecule has 0 saturated heterocycles. The van der Waals surface area contributed by atoms with Gasteiger partial charge < -0.3 is 5.11 Å². The van der Waals surface area contributed by atoms with Crippen LogP contribution in [0.15, 0.2) is 0 Å². The van der Waals surface area contributed by atoms with Gasteiger partial charge >= 0.3 is 0 Å². The van der Waals surface area contributed by atoms with Crippen LogP contribution in [0, 0.1) is 0 Å². The smallest absolute Gasteiger partial charge is 0.191 e. The van der Waals surface area contributed by atoms with Crippen molar-refractivity contribution in [2.45, 2.75) is 18.5 Å². The molecule has 0 rings (SSSR count). The van der Waals surface area contributed by atoms with E-state index in [-0.39, 0.29) is 6.61 Å². The number of aliphatic hydroxyl groups excluding tert-OH is 1. The molecule has 0 atom stereocenters. The van der Waals surface area contributed by atoms with Gasteiger partial charge in [-0.1, -0.05) is 0 Å². The summed E-state index contributed by atoms with van der Waals surface area (Å²) in [5, 5.41) is 7.57. The van der Waals surface area contributed by atoms with Crippen molar-refractivity contribution in [3.8, 4) is 0 Å². The highest BCUT2D eigenvalue weighted by Gasteiger charge is 1.46. The van der Waals surface area contributed by atoms with Crippen LogP contribution in [0.2, 0.25) is 11.6 Å². The molecule has 0 saturated carbocycles. The Morgan fingerprint density at radius 3 is 1.50 bits per heavy atom. The van der Waals surface area contributed by atoms with Crippen LogP contribution >= 0.6 is 0 Å². The van der Waals surface area contributed by atoms with E-state index in [1.165, 1.54) is 0 Å². The SMILES string of the molecule is CCO.[CH3][Al][CH3]. The molecule has 0 aromatic heterocycles. The Labute approximate surface area is 46.1 Å². The quantitative estimate of drug-likeness (QED) is 0.449. The van der Waals surface area contributed by atoms with Crippen LogP contribution in [-0.4, -0.2) is 26.9 Å². The molecule has 0 heterocycles. The van der Waals surface area contributed by atoms with E-state index in [1.807, 2.05) is 0 Å². The molecule has 0 unspecified atom stereocenters. The Morgan fingerprint density at radius 2 is 1.50 bits per heavy atom. The van der Waals surface area contributed by atoms with E-state index in [2.05, 4.69) is 11.6 Å². The van der Waals surface area contributed by atoms with Gasteiger partial charge in [-0.3, -0.25) is 0 Å². The standard InChI is InChI=1S/C2H6O.2CH3.Al/c1-2-3;;;/h3H,2H2,1H3;2*1H3;. The summed E-state index contributed by atoms with van der Waals surface area (Å²) in [6, 6.07) is 0. The van der Waals surface area contributed by atoms with Gasteiger partial charge in [0, 0.05) is 6.61 Å². The number of aliphatic hydroxyl groups is 1. The number of hydrogen-bond acceptors (Lipinski definition) is 1. The van der Waals surface area contributed by atoms with Crippen LogP contribution in [0.5, 0.6) is 0 Å². The number of rotatable bonds is 0.